The molecular weight excluding hydrogens is 399 g/mol. The van der Waals surface area contributed by atoms with Gasteiger partial charge in [0.05, 0.1) is 12.6 Å². The lowest BCUT2D eigenvalue weighted by molar-refractivity contribution is -0.120. The van der Waals surface area contributed by atoms with Gasteiger partial charge in [-0.2, -0.15) is 0 Å². The molecule has 0 bridgehead atoms. The second kappa shape index (κ2) is 7.55. The van der Waals surface area contributed by atoms with Crippen molar-refractivity contribution < 1.29 is 27.5 Å². The number of halogens is 3. The van der Waals surface area contributed by atoms with E-state index in [2.05, 4.69) is 16.0 Å². The van der Waals surface area contributed by atoms with Gasteiger partial charge >= 0.3 is 6.03 Å². The molecule has 158 valence electrons. The van der Waals surface area contributed by atoms with Crippen molar-refractivity contribution in [3.05, 3.63) is 65.0 Å². The van der Waals surface area contributed by atoms with Crippen molar-refractivity contribution in [1.29, 1.82) is 0 Å². The molecule has 6 nitrogen and oxygen atoms in total. The lowest BCUT2D eigenvalue weighted by Crippen LogP contribution is -2.50. The van der Waals surface area contributed by atoms with Crippen LogP contribution in [0.5, 0.6) is 5.75 Å². The van der Waals surface area contributed by atoms with Gasteiger partial charge in [-0.05, 0) is 30.5 Å². The molecule has 0 radical (unpaired) electrons. The van der Waals surface area contributed by atoms with E-state index in [1.54, 1.807) is 12.1 Å². The van der Waals surface area contributed by atoms with E-state index < -0.39 is 46.9 Å². The summed E-state index contributed by atoms with van der Waals surface area (Å²) in [6.45, 7) is -0.0288. The van der Waals surface area contributed by atoms with E-state index in [1.807, 2.05) is 0 Å². The predicted octanol–water partition coefficient (Wildman–Crippen LogP) is 2.68. The normalized spacial score (nSPS) is 21.7. The molecule has 3 N–H and O–H groups in total. The second-order valence-corrected chi connectivity index (χ2v) is 7.52. The Balaban J connectivity index is 1.52. The van der Waals surface area contributed by atoms with E-state index in [9.17, 15) is 22.8 Å². The summed E-state index contributed by atoms with van der Waals surface area (Å²) in [6.07, 6.45) is 1.23. The van der Waals surface area contributed by atoms with E-state index in [0.29, 0.717) is 18.4 Å². The number of hydrogen-bond donors (Lipinski definition) is 3. The van der Waals surface area contributed by atoms with Gasteiger partial charge in [0.2, 0.25) is 5.91 Å². The maximum absolute atomic E-state index is 14.5. The van der Waals surface area contributed by atoms with Crippen molar-refractivity contribution in [2.75, 3.05) is 13.7 Å². The predicted molar refractivity (Wildman–Crippen MR) is 101 cm³/mol. The maximum Gasteiger partial charge on any atom is 0.316 e. The van der Waals surface area contributed by atoms with E-state index in [0.717, 1.165) is 12.1 Å². The molecule has 2 fully saturated rings. The zero-order valence-corrected chi connectivity index (χ0v) is 16.1. The van der Waals surface area contributed by atoms with Gasteiger partial charge in [0.15, 0.2) is 0 Å². The zero-order valence-electron chi connectivity index (χ0n) is 16.1. The van der Waals surface area contributed by atoms with Gasteiger partial charge in [-0.15, -0.1) is 0 Å². The Morgan fingerprint density at radius 3 is 2.47 bits per heavy atom. The van der Waals surface area contributed by atoms with Crippen molar-refractivity contribution in [1.82, 2.24) is 16.0 Å². The quantitative estimate of drug-likeness (QED) is 0.697. The first-order valence-corrected chi connectivity index (χ1v) is 9.48. The monoisotopic (exact) mass is 419 g/mol. The summed E-state index contributed by atoms with van der Waals surface area (Å²) in [7, 11) is 1.29. The first kappa shape index (κ1) is 20.1. The van der Waals surface area contributed by atoms with Crippen LogP contribution in [0.3, 0.4) is 0 Å². The first-order chi connectivity index (χ1) is 14.3. The van der Waals surface area contributed by atoms with E-state index in [-0.39, 0.29) is 17.9 Å². The third kappa shape index (κ3) is 3.67. The molecule has 1 aliphatic heterocycles. The minimum Gasteiger partial charge on any atom is -0.497 e. The molecular formula is C21H20F3N3O3. The smallest absolute Gasteiger partial charge is 0.316 e. The highest BCUT2D eigenvalue weighted by Gasteiger charge is 2.47. The number of rotatable bonds is 5. The highest BCUT2D eigenvalue weighted by Crippen LogP contribution is 2.45. The van der Waals surface area contributed by atoms with Gasteiger partial charge in [-0.25, -0.2) is 18.0 Å². The maximum atomic E-state index is 14.5. The third-order valence-corrected chi connectivity index (χ3v) is 5.61. The Labute approximate surface area is 170 Å². The molecule has 4 rings (SSSR count). The number of carbonyl (C=O) groups is 2. The lowest BCUT2D eigenvalue weighted by atomic mass is 9.92. The number of carbonyl (C=O) groups excluding carboxylic acids is 2. The van der Waals surface area contributed by atoms with Crippen LogP contribution in [0.4, 0.5) is 18.0 Å². The molecule has 3 amide bonds. The molecule has 2 aliphatic rings. The molecule has 30 heavy (non-hydrogen) atoms. The molecule has 1 heterocycles. The number of methoxy groups -OCH3 is 1. The molecule has 1 aliphatic carbocycles. The van der Waals surface area contributed by atoms with Crippen LogP contribution in [0.25, 0.3) is 0 Å². The SMILES string of the molecule is COc1cc(F)c([C@@H]2CNC(=O)[C@H]2NC(=O)NC2(c3cccc(F)c3)CC2)c(F)c1. The van der Waals surface area contributed by atoms with Crippen molar-refractivity contribution in [2.45, 2.75) is 30.3 Å². The zero-order chi connectivity index (χ0) is 21.5. The molecule has 2 aromatic rings. The van der Waals surface area contributed by atoms with Crippen LogP contribution in [0.1, 0.15) is 29.9 Å². The molecule has 0 spiro atoms. The van der Waals surface area contributed by atoms with Crippen LogP contribution in [0, 0.1) is 17.5 Å². The largest absolute Gasteiger partial charge is 0.497 e. The summed E-state index contributed by atoms with van der Waals surface area (Å²) in [4.78, 5) is 24.9. The number of nitrogens with one attached hydrogen (secondary N) is 3. The molecule has 2 aromatic carbocycles. The van der Waals surface area contributed by atoms with Crippen molar-refractivity contribution in [3.63, 3.8) is 0 Å². The third-order valence-electron chi connectivity index (χ3n) is 5.61. The minimum atomic E-state index is -1.16. The fourth-order valence-corrected chi connectivity index (χ4v) is 3.88. The summed E-state index contributed by atoms with van der Waals surface area (Å²) in [5, 5.41) is 7.82. The summed E-state index contributed by atoms with van der Waals surface area (Å²) < 4.78 is 47.4. The van der Waals surface area contributed by atoms with Crippen molar-refractivity contribution >= 4 is 11.9 Å². The van der Waals surface area contributed by atoms with Crippen molar-refractivity contribution in [3.8, 4) is 5.75 Å². The van der Waals surface area contributed by atoms with Gasteiger partial charge in [-0.3, -0.25) is 4.79 Å². The number of urea groups is 1. The fourth-order valence-electron chi connectivity index (χ4n) is 3.88. The molecule has 2 atom stereocenters. The summed E-state index contributed by atoms with van der Waals surface area (Å²) in [5.41, 5.74) is -0.393. The highest BCUT2D eigenvalue weighted by molar-refractivity contribution is 5.90. The van der Waals surface area contributed by atoms with E-state index >= 15 is 0 Å². The average Bonchev–Trinajstić information content (AvgIpc) is 3.40. The van der Waals surface area contributed by atoms with Gasteiger partial charge in [-0.1, -0.05) is 12.1 Å². The Morgan fingerprint density at radius 2 is 1.87 bits per heavy atom. The van der Waals surface area contributed by atoms with E-state index in [1.165, 1.54) is 19.2 Å². The van der Waals surface area contributed by atoms with Crippen LogP contribution in [-0.4, -0.2) is 31.6 Å². The molecule has 9 heteroatoms. The van der Waals surface area contributed by atoms with Gasteiger partial charge in [0, 0.05) is 30.2 Å². The number of hydrogen-bond acceptors (Lipinski definition) is 3. The summed E-state index contributed by atoms with van der Waals surface area (Å²) >= 11 is 0. The standard InChI is InChI=1S/C21H20F3N3O3/c1-30-13-8-15(23)17(16(24)9-13)14-10-25-19(28)18(14)26-20(29)27-21(5-6-21)11-3-2-4-12(22)7-11/h2-4,7-9,14,18H,5-6,10H2,1H3,(H,25,28)(H2,26,27,29)/t14-,18-/m0/s1. The van der Waals surface area contributed by atoms with Crippen LogP contribution >= 0.6 is 0 Å². The Bertz CT molecular complexity index is 987. The minimum absolute atomic E-state index is 0.0130. The fraction of sp³-hybridized carbons (Fsp3) is 0.333. The highest BCUT2D eigenvalue weighted by atomic mass is 19.1. The summed E-state index contributed by atoms with van der Waals surface area (Å²) in [6, 6.07) is 6.15. The van der Waals surface area contributed by atoms with Gasteiger partial charge in [0.1, 0.15) is 29.2 Å². The summed E-state index contributed by atoms with van der Waals surface area (Å²) in [5.74, 6) is -3.60. The molecule has 0 unspecified atom stereocenters. The topological polar surface area (TPSA) is 79.5 Å². The Kier molecular flexibility index (Phi) is 5.05. The van der Waals surface area contributed by atoms with Crippen LogP contribution < -0.4 is 20.7 Å². The Morgan fingerprint density at radius 1 is 1.17 bits per heavy atom. The van der Waals surface area contributed by atoms with Crippen LogP contribution in [0.2, 0.25) is 0 Å². The molecule has 1 saturated heterocycles. The number of benzene rings is 2. The van der Waals surface area contributed by atoms with E-state index in [4.69, 9.17) is 4.74 Å². The first-order valence-electron chi connectivity index (χ1n) is 9.48. The Hall–Kier alpha value is -3.23. The van der Waals surface area contributed by atoms with Gasteiger partial charge < -0.3 is 20.7 Å². The average molecular weight is 419 g/mol. The molecule has 0 aromatic heterocycles. The number of amides is 3. The second-order valence-electron chi connectivity index (χ2n) is 7.52. The van der Waals surface area contributed by atoms with Gasteiger partial charge in [0.25, 0.3) is 0 Å². The lowest BCUT2D eigenvalue weighted by Gasteiger charge is -2.23. The number of ether oxygens (including phenoxy) is 1. The van der Waals surface area contributed by atoms with Crippen molar-refractivity contribution in [2.24, 2.45) is 0 Å². The van der Waals surface area contributed by atoms with Crippen LogP contribution in [0.15, 0.2) is 36.4 Å². The van der Waals surface area contributed by atoms with Crippen LogP contribution in [-0.2, 0) is 10.3 Å². The molecule has 1 saturated carbocycles.